The smallest absolute Gasteiger partial charge is 0.261 e. The first kappa shape index (κ1) is 32.3. The second-order valence-electron chi connectivity index (χ2n) is 11.6. The van der Waals surface area contributed by atoms with Gasteiger partial charge in [0.15, 0.2) is 5.88 Å². The van der Waals surface area contributed by atoms with Crippen LogP contribution in [0.25, 0.3) is 10.9 Å². The van der Waals surface area contributed by atoms with Crippen LogP contribution in [0.15, 0.2) is 113 Å². The number of sulfonamides is 2. The Labute approximate surface area is 275 Å². The fourth-order valence-electron chi connectivity index (χ4n) is 5.87. The molecule has 0 spiro atoms. The van der Waals surface area contributed by atoms with Crippen LogP contribution in [0, 0.1) is 0 Å². The molecule has 0 aliphatic carbocycles. The highest BCUT2D eigenvalue weighted by Gasteiger charge is 2.23. The summed E-state index contributed by atoms with van der Waals surface area (Å²) in [6, 6.07) is 29.4. The maximum atomic E-state index is 13.3. The highest BCUT2D eigenvalue weighted by Crippen LogP contribution is 2.34. The number of hydrogen-bond donors (Lipinski definition) is 3. The Morgan fingerprint density at radius 3 is 2.19 bits per heavy atom. The van der Waals surface area contributed by atoms with Crippen molar-refractivity contribution in [2.24, 2.45) is 4.99 Å². The molecule has 1 aliphatic rings. The summed E-state index contributed by atoms with van der Waals surface area (Å²) in [6.07, 6.45) is 4.68. The highest BCUT2D eigenvalue weighted by atomic mass is 32.2. The lowest BCUT2D eigenvalue weighted by molar-refractivity contribution is 0.235. The maximum Gasteiger partial charge on any atom is 0.261 e. The highest BCUT2D eigenvalue weighted by molar-refractivity contribution is 7.92. The van der Waals surface area contributed by atoms with E-state index in [1.807, 2.05) is 30.3 Å². The lowest BCUT2D eigenvalue weighted by Gasteiger charge is -2.30. The van der Waals surface area contributed by atoms with Crippen LogP contribution in [0.5, 0.6) is 5.88 Å². The van der Waals surface area contributed by atoms with Crippen molar-refractivity contribution in [3.8, 4) is 5.88 Å². The predicted octanol–water partition coefficient (Wildman–Crippen LogP) is 6.10. The van der Waals surface area contributed by atoms with Gasteiger partial charge in [-0.3, -0.25) is 9.03 Å². The summed E-state index contributed by atoms with van der Waals surface area (Å²) in [5, 5.41) is 11.6. The molecule has 1 aliphatic heterocycles. The Hall–Kier alpha value is -4.65. The van der Waals surface area contributed by atoms with Gasteiger partial charge in [-0.05, 0) is 80.5 Å². The molecule has 0 radical (unpaired) electrons. The Bertz CT molecular complexity index is 2090. The van der Waals surface area contributed by atoms with Crippen molar-refractivity contribution in [2.75, 3.05) is 41.5 Å². The number of benzene rings is 4. The van der Waals surface area contributed by atoms with Gasteiger partial charge in [-0.1, -0.05) is 55.0 Å². The Kier molecular flexibility index (Phi) is 9.35. The molecule has 0 unspecified atom stereocenters. The largest absolute Gasteiger partial charge is 0.494 e. The molecule has 1 fully saturated rings. The molecule has 5 aromatic rings. The molecule has 1 saturated heterocycles. The van der Waals surface area contributed by atoms with Gasteiger partial charge in [0.2, 0.25) is 10.0 Å². The van der Waals surface area contributed by atoms with E-state index in [1.165, 1.54) is 29.1 Å². The minimum absolute atomic E-state index is 0.0243. The number of aromatic amines is 1. The van der Waals surface area contributed by atoms with Crippen LogP contribution in [0.4, 0.5) is 17.1 Å². The van der Waals surface area contributed by atoms with Gasteiger partial charge in [0, 0.05) is 35.2 Å². The van der Waals surface area contributed by atoms with Crippen molar-refractivity contribution in [3.63, 3.8) is 0 Å². The predicted molar refractivity (Wildman–Crippen MR) is 188 cm³/mol. The zero-order valence-electron chi connectivity index (χ0n) is 26.0. The average molecular weight is 672 g/mol. The fourth-order valence-corrected chi connectivity index (χ4v) is 7.87. The average Bonchev–Trinajstić information content (AvgIpc) is 3.39. The van der Waals surface area contributed by atoms with Crippen molar-refractivity contribution >= 4 is 53.7 Å². The number of H-pyrrole nitrogens is 1. The summed E-state index contributed by atoms with van der Waals surface area (Å²) in [6.45, 7) is 2.96. The molecule has 244 valence electrons. The zero-order valence-corrected chi connectivity index (χ0v) is 27.6. The number of fused-ring (bicyclic) bond motifs is 1. The Morgan fingerprint density at radius 2 is 1.53 bits per heavy atom. The van der Waals surface area contributed by atoms with E-state index in [4.69, 9.17) is 4.99 Å². The summed E-state index contributed by atoms with van der Waals surface area (Å²) >= 11 is 0. The summed E-state index contributed by atoms with van der Waals surface area (Å²) < 4.78 is 56.2. The molecule has 12 heteroatoms. The number of rotatable bonds is 11. The Balaban J connectivity index is 1.37. The molecule has 0 atom stereocenters. The van der Waals surface area contributed by atoms with Gasteiger partial charge in [0.1, 0.15) is 0 Å². The van der Waals surface area contributed by atoms with E-state index < -0.39 is 20.0 Å². The monoisotopic (exact) mass is 671 g/mol. The lowest BCUT2D eigenvalue weighted by atomic mass is 10.0. The van der Waals surface area contributed by atoms with Gasteiger partial charge < -0.3 is 15.0 Å². The standard InChI is InChI=1S/C35H37N5O5S2/c1-46(42,43)40(24-23-39-21-9-4-10-22-39)29-17-15-27(16-18-29)36-34(26-11-5-2-6-12-26)33-31-25-30(19-20-32(31)37-35(33)41)47(44,45)38-28-13-7-3-8-14-28/h2-3,5-8,11-20,25,37-38,41H,4,9-10,21-24H2,1H3. The van der Waals surface area contributed by atoms with Crippen molar-refractivity contribution in [1.29, 1.82) is 0 Å². The normalized spacial score (nSPS) is 14.7. The minimum Gasteiger partial charge on any atom is -0.494 e. The first-order valence-corrected chi connectivity index (χ1v) is 18.8. The van der Waals surface area contributed by atoms with Crippen LogP contribution in [0.2, 0.25) is 0 Å². The number of para-hydroxylation sites is 1. The van der Waals surface area contributed by atoms with Crippen molar-refractivity contribution < 1.29 is 21.9 Å². The van der Waals surface area contributed by atoms with Crippen molar-refractivity contribution in [1.82, 2.24) is 9.88 Å². The molecule has 47 heavy (non-hydrogen) atoms. The maximum absolute atomic E-state index is 13.3. The van der Waals surface area contributed by atoms with Crippen LogP contribution in [-0.2, 0) is 20.0 Å². The van der Waals surface area contributed by atoms with E-state index in [1.54, 1.807) is 60.7 Å². The third-order valence-corrected chi connectivity index (χ3v) is 10.8. The molecule has 4 aromatic carbocycles. The van der Waals surface area contributed by atoms with E-state index in [0.717, 1.165) is 25.9 Å². The summed E-state index contributed by atoms with van der Waals surface area (Å²) in [5.41, 5.74) is 3.49. The van der Waals surface area contributed by atoms with E-state index in [-0.39, 0.29) is 10.8 Å². The van der Waals surface area contributed by atoms with Gasteiger partial charge >= 0.3 is 0 Å². The van der Waals surface area contributed by atoms with Gasteiger partial charge in [-0.2, -0.15) is 0 Å². The molecule has 3 N–H and O–H groups in total. The summed E-state index contributed by atoms with van der Waals surface area (Å²) in [4.78, 5) is 10.2. The van der Waals surface area contributed by atoms with Gasteiger partial charge in [-0.15, -0.1) is 0 Å². The van der Waals surface area contributed by atoms with E-state index in [9.17, 15) is 21.9 Å². The summed E-state index contributed by atoms with van der Waals surface area (Å²) in [5.74, 6) is -0.161. The van der Waals surface area contributed by atoms with Crippen molar-refractivity contribution in [2.45, 2.75) is 24.2 Å². The molecule has 1 aromatic heterocycles. The molecular formula is C35H37N5O5S2. The SMILES string of the molecule is CS(=O)(=O)N(CCN1CCCCC1)c1ccc(N=C(c2ccccc2)c2c(O)[nH]c3ccc(S(=O)(=O)Nc4ccccc4)cc23)cc1. The third-order valence-electron chi connectivity index (χ3n) is 8.22. The number of nitrogens with zero attached hydrogens (tertiary/aromatic N) is 3. The number of anilines is 2. The van der Waals surface area contributed by atoms with Crippen LogP contribution >= 0.6 is 0 Å². The second-order valence-corrected chi connectivity index (χ2v) is 15.2. The van der Waals surface area contributed by atoms with Gasteiger partial charge in [0.25, 0.3) is 10.0 Å². The number of likely N-dealkylation sites (tertiary alicyclic amines) is 1. The van der Waals surface area contributed by atoms with Crippen LogP contribution < -0.4 is 9.03 Å². The second kappa shape index (κ2) is 13.6. The number of piperidine rings is 1. The molecule has 10 nitrogen and oxygen atoms in total. The van der Waals surface area contributed by atoms with E-state index in [0.29, 0.717) is 57.9 Å². The number of aromatic nitrogens is 1. The summed E-state index contributed by atoms with van der Waals surface area (Å²) in [7, 11) is -7.46. The molecule has 6 rings (SSSR count). The van der Waals surface area contributed by atoms with Gasteiger partial charge in [-0.25, -0.2) is 21.8 Å². The van der Waals surface area contributed by atoms with Crippen molar-refractivity contribution in [3.05, 3.63) is 114 Å². The molecular weight excluding hydrogens is 635 g/mol. The quantitative estimate of drug-likeness (QED) is 0.145. The third kappa shape index (κ3) is 7.51. The number of aromatic hydroxyl groups is 1. The topological polar surface area (TPSA) is 135 Å². The van der Waals surface area contributed by atoms with Gasteiger partial charge in [0.05, 0.1) is 33.8 Å². The van der Waals surface area contributed by atoms with Crippen LogP contribution in [-0.4, -0.2) is 70.0 Å². The number of hydrogen-bond acceptors (Lipinski definition) is 7. The molecule has 2 heterocycles. The number of aliphatic imine (C=N–C) groups is 1. The molecule has 0 saturated carbocycles. The minimum atomic E-state index is -3.94. The number of nitrogens with one attached hydrogen (secondary N) is 2. The first-order chi connectivity index (χ1) is 22.6. The van der Waals surface area contributed by atoms with Crippen LogP contribution in [0.1, 0.15) is 30.4 Å². The Morgan fingerprint density at radius 1 is 0.872 bits per heavy atom. The van der Waals surface area contributed by atoms with Crippen LogP contribution in [0.3, 0.4) is 0 Å². The molecule has 0 bridgehead atoms. The first-order valence-electron chi connectivity index (χ1n) is 15.5. The van der Waals surface area contributed by atoms with E-state index in [2.05, 4.69) is 14.6 Å². The van der Waals surface area contributed by atoms with E-state index >= 15 is 0 Å². The molecule has 0 amide bonds. The fraction of sp³-hybridized carbons (Fsp3) is 0.229. The zero-order chi connectivity index (χ0) is 33.0. The lowest BCUT2D eigenvalue weighted by Crippen LogP contribution is -2.40.